The Morgan fingerprint density at radius 2 is 1.69 bits per heavy atom. The molecule has 136 valence electrons. The third-order valence-corrected chi connectivity index (χ3v) is 4.47. The van der Waals surface area contributed by atoms with Crippen LogP contribution in [0, 0.1) is 11.6 Å². The highest BCUT2D eigenvalue weighted by Gasteiger charge is 2.24. The number of halogens is 2. The molecule has 0 spiro atoms. The maximum atomic E-state index is 13.9. The number of carbonyl (C=O) groups is 2. The highest BCUT2D eigenvalue weighted by molar-refractivity contribution is 5.91. The molecule has 0 bridgehead atoms. The van der Waals surface area contributed by atoms with Crippen LogP contribution in [-0.2, 0) is 11.2 Å². The summed E-state index contributed by atoms with van der Waals surface area (Å²) in [6.07, 6.45) is -0.00318. The summed E-state index contributed by atoms with van der Waals surface area (Å²) in [6, 6.07) is 9.71. The number of carbonyl (C=O) groups excluding carboxylic acids is 1. The van der Waals surface area contributed by atoms with Crippen LogP contribution >= 0.6 is 0 Å². The van der Waals surface area contributed by atoms with E-state index in [4.69, 9.17) is 0 Å². The normalized spacial score (nSPS) is 14.4. The number of hydrogen-bond acceptors (Lipinski definition) is 3. The van der Waals surface area contributed by atoms with E-state index in [1.54, 1.807) is 28.0 Å². The molecule has 1 aliphatic rings. The number of benzene rings is 2. The van der Waals surface area contributed by atoms with E-state index in [0.717, 1.165) is 18.2 Å². The van der Waals surface area contributed by atoms with Gasteiger partial charge in [0, 0.05) is 32.2 Å². The van der Waals surface area contributed by atoms with E-state index >= 15 is 0 Å². The second-order valence-corrected chi connectivity index (χ2v) is 6.10. The van der Waals surface area contributed by atoms with Crippen molar-refractivity contribution in [2.24, 2.45) is 0 Å². The largest absolute Gasteiger partial charge is 0.478 e. The second kappa shape index (κ2) is 7.51. The van der Waals surface area contributed by atoms with Crippen LogP contribution in [0.5, 0.6) is 0 Å². The molecule has 26 heavy (non-hydrogen) atoms. The molecular weight excluding hydrogens is 342 g/mol. The molecule has 2 aromatic carbocycles. The van der Waals surface area contributed by atoms with E-state index in [1.807, 2.05) is 0 Å². The molecule has 1 aliphatic heterocycles. The molecule has 3 rings (SSSR count). The quantitative estimate of drug-likeness (QED) is 0.910. The minimum atomic E-state index is -1.07. The second-order valence-electron chi connectivity index (χ2n) is 6.10. The molecule has 0 aliphatic carbocycles. The van der Waals surface area contributed by atoms with Crippen molar-refractivity contribution in [2.45, 2.75) is 6.42 Å². The van der Waals surface area contributed by atoms with Gasteiger partial charge in [-0.2, -0.15) is 0 Å². The van der Waals surface area contributed by atoms with E-state index in [-0.39, 0.29) is 23.6 Å². The van der Waals surface area contributed by atoms with E-state index in [1.165, 1.54) is 6.07 Å². The summed E-state index contributed by atoms with van der Waals surface area (Å²) < 4.78 is 27.2. The van der Waals surface area contributed by atoms with E-state index in [0.29, 0.717) is 31.7 Å². The molecular formula is C19H18F2N2O3. The van der Waals surface area contributed by atoms with Gasteiger partial charge in [0.2, 0.25) is 5.91 Å². The van der Waals surface area contributed by atoms with Crippen molar-refractivity contribution in [3.8, 4) is 0 Å². The first-order valence-electron chi connectivity index (χ1n) is 8.24. The minimum Gasteiger partial charge on any atom is -0.478 e. The summed E-state index contributed by atoms with van der Waals surface area (Å²) in [7, 11) is 0. The molecule has 1 amide bonds. The average molecular weight is 360 g/mol. The van der Waals surface area contributed by atoms with Crippen LogP contribution in [0.3, 0.4) is 0 Å². The number of carboxylic acid groups (broad SMARTS) is 1. The fourth-order valence-electron chi connectivity index (χ4n) is 3.08. The third-order valence-electron chi connectivity index (χ3n) is 4.47. The van der Waals surface area contributed by atoms with Gasteiger partial charge in [0.25, 0.3) is 0 Å². The smallest absolute Gasteiger partial charge is 0.335 e. The monoisotopic (exact) mass is 360 g/mol. The number of nitrogens with zero attached hydrogens (tertiary/aromatic N) is 2. The van der Waals surface area contributed by atoms with Gasteiger partial charge in [-0.25, -0.2) is 13.6 Å². The molecule has 0 saturated carbocycles. The lowest BCUT2D eigenvalue weighted by Crippen LogP contribution is -2.49. The maximum Gasteiger partial charge on any atom is 0.335 e. The Labute approximate surface area is 149 Å². The summed E-state index contributed by atoms with van der Waals surface area (Å²) in [6.45, 7) is 1.49. The first-order chi connectivity index (χ1) is 12.5. The van der Waals surface area contributed by atoms with Gasteiger partial charge < -0.3 is 14.9 Å². The Kier molecular flexibility index (Phi) is 5.16. The number of anilines is 1. The van der Waals surface area contributed by atoms with Gasteiger partial charge >= 0.3 is 5.97 Å². The van der Waals surface area contributed by atoms with Crippen molar-refractivity contribution >= 4 is 17.6 Å². The highest BCUT2D eigenvalue weighted by atomic mass is 19.1. The number of hydrogen-bond donors (Lipinski definition) is 1. The Morgan fingerprint density at radius 1 is 1.00 bits per heavy atom. The predicted molar refractivity (Wildman–Crippen MR) is 92.3 cm³/mol. The van der Waals surface area contributed by atoms with Crippen molar-refractivity contribution in [1.82, 2.24) is 4.90 Å². The van der Waals surface area contributed by atoms with Crippen molar-refractivity contribution in [2.75, 3.05) is 31.1 Å². The minimum absolute atomic E-state index is 0.00318. The average Bonchev–Trinajstić information content (AvgIpc) is 2.64. The summed E-state index contributed by atoms with van der Waals surface area (Å²) >= 11 is 0. The molecule has 1 saturated heterocycles. The fraction of sp³-hybridized carbons (Fsp3) is 0.263. The number of piperazine rings is 1. The molecule has 1 fully saturated rings. The van der Waals surface area contributed by atoms with Gasteiger partial charge in [-0.05, 0) is 23.8 Å². The molecule has 0 aromatic heterocycles. The molecule has 7 heteroatoms. The summed E-state index contributed by atoms with van der Waals surface area (Å²) in [5, 5.41) is 9.20. The molecule has 0 unspecified atom stereocenters. The number of aromatic carboxylic acids is 1. The topological polar surface area (TPSA) is 60.9 Å². The first-order valence-corrected chi connectivity index (χ1v) is 8.24. The third kappa shape index (κ3) is 3.82. The van der Waals surface area contributed by atoms with Gasteiger partial charge in [0.15, 0.2) is 0 Å². The van der Waals surface area contributed by atoms with Crippen molar-refractivity contribution < 1.29 is 23.5 Å². The fourth-order valence-corrected chi connectivity index (χ4v) is 3.08. The summed E-state index contributed by atoms with van der Waals surface area (Å²) in [4.78, 5) is 27.0. The maximum absolute atomic E-state index is 13.9. The van der Waals surface area contributed by atoms with E-state index < -0.39 is 17.6 Å². The highest BCUT2D eigenvalue weighted by Crippen LogP contribution is 2.22. The van der Waals surface area contributed by atoms with Crippen LogP contribution in [0.1, 0.15) is 15.9 Å². The lowest BCUT2D eigenvalue weighted by molar-refractivity contribution is -0.130. The Bertz CT molecular complexity index is 833. The van der Waals surface area contributed by atoms with E-state index in [2.05, 4.69) is 0 Å². The van der Waals surface area contributed by atoms with Crippen molar-refractivity contribution in [3.63, 3.8) is 0 Å². The zero-order chi connectivity index (χ0) is 18.7. The zero-order valence-corrected chi connectivity index (χ0v) is 14.0. The van der Waals surface area contributed by atoms with Crippen LogP contribution in [0.15, 0.2) is 42.5 Å². The molecule has 2 aromatic rings. The van der Waals surface area contributed by atoms with Gasteiger partial charge in [-0.1, -0.05) is 18.2 Å². The van der Waals surface area contributed by atoms with Crippen molar-refractivity contribution in [3.05, 3.63) is 65.2 Å². The van der Waals surface area contributed by atoms with Gasteiger partial charge in [0.1, 0.15) is 11.6 Å². The number of amides is 1. The molecule has 1 heterocycles. The first kappa shape index (κ1) is 17.8. The number of rotatable bonds is 4. The van der Waals surface area contributed by atoms with Gasteiger partial charge in [0.05, 0.1) is 17.7 Å². The van der Waals surface area contributed by atoms with Crippen LogP contribution in [0.4, 0.5) is 14.5 Å². The Hall–Kier alpha value is -2.96. The molecule has 5 nitrogen and oxygen atoms in total. The Morgan fingerprint density at radius 3 is 2.38 bits per heavy atom. The lowest BCUT2D eigenvalue weighted by Gasteiger charge is -2.36. The number of carboxylic acids is 1. The standard InChI is InChI=1S/C19H18F2N2O3/c20-14-5-6-16(21)17(12-14)22-7-9-23(10-8-22)18(24)11-13-3-1-2-4-15(13)19(25)26/h1-6,12H,7-11H2,(H,25,26). The molecule has 0 radical (unpaired) electrons. The van der Waals surface area contributed by atoms with Crippen LogP contribution in [0.25, 0.3) is 0 Å². The lowest BCUT2D eigenvalue weighted by atomic mass is 10.0. The van der Waals surface area contributed by atoms with Crippen LogP contribution < -0.4 is 4.90 Å². The Balaban J connectivity index is 1.64. The van der Waals surface area contributed by atoms with Crippen LogP contribution in [-0.4, -0.2) is 48.1 Å². The summed E-state index contributed by atoms with van der Waals surface area (Å²) in [5.41, 5.74) is 0.762. The van der Waals surface area contributed by atoms with Crippen molar-refractivity contribution in [1.29, 1.82) is 0 Å². The summed E-state index contributed by atoms with van der Waals surface area (Å²) in [5.74, 6) is -2.26. The molecule has 0 atom stereocenters. The van der Waals surface area contributed by atoms with Crippen LogP contribution in [0.2, 0.25) is 0 Å². The molecule has 1 N–H and O–H groups in total. The van der Waals surface area contributed by atoms with Gasteiger partial charge in [-0.3, -0.25) is 4.79 Å². The zero-order valence-electron chi connectivity index (χ0n) is 14.0. The SMILES string of the molecule is O=C(O)c1ccccc1CC(=O)N1CCN(c2cc(F)ccc2F)CC1. The predicted octanol–water partition coefficient (Wildman–Crippen LogP) is 2.55. The van der Waals surface area contributed by atoms with Gasteiger partial charge in [-0.15, -0.1) is 0 Å². The van der Waals surface area contributed by atoms with E-state index in [9.17, 15) is 23.5 Å².